The lowest BCUT2D eigenvalue weighted by Crippen LogP contribution is -2.64. The van der Waals surface area contributed by atoms with Crippen LogP contribution in [0.3, 0.4) is 0 Å². The molecule has 0 radical (unpaired) electrons. The molecule has 2 bridgehead atoms. The van der Waals surface area contributed by atoms with Crippen molar-refractivity contribution in [1.82, 2.24) is 0 Å². The molecule has 0 spiro atoms. The summed E-state index contributed by atoms with van der Waals surface area (Å²) in [4.78, 5) is 0. The maximum Gasteiger partial charge on any atom is 0.284 e. The molecule has 1 aromatic rings. The highest BCUT2D eigenvalue weighted by atomic mass is 19.3. The molecule has 0 aromatic heterocycles. The molecule has 0 aliphatic heterocycles. The topological polar surface area (TPSA) is 20.2 Å². The molecular formula is C15H15F5O. The van der Waals surface area contributed by atoms with E-state index in [0.717, 1.165) is 12.1 Å². The van der Waals surface area contributed by atoms with Crippen molar-refractivity contribution < 1.29 is 27.1 Å². The number of halogens is 5. The van der Waals surface area contributed by atoms with Crippen LogP contribution in [0.25, 0.3) is 0 Å². The highest BCUT2D eigenvalue weighted by molar-refractivity contribution is 5.39. The van der Waals surface area contributed by atoms with Crippen molar-refractivity contribution in [3.8, 4) is 5.75 Å². The van der Waals surface area contributed by atoms with E-state index < -0.39 is 45.9 Å². The predicted molar refractivity (Wildman–Crippen MR) is 66.1 cm³/mol. The molecule has 6 heteroatoms. The Balaban J connectivity index is 2.16. The van der Waals surface area contributed by atoms with Crippen LogP contribution < -0.4 is 0 Å². The number of hydrogen-bond acceptors (Lipinski definition) is 1. The molecule has 1 nitrogen and oxygen atoms in total. The second kappa shape index (κ2) is 4.11. The van der Waals surface area contributed by atoms with Crippen molar-refractivity contribution in [2.75, 3.05) is 0 Å². The van der Waals surface area contributed by atoms with E-state index >= 15 is 0 Å². The van der Waals surface area contributed by atoms with E-state index in [1.54, 1.807) is 0 Å². The second-order valence-corrected chi connectivity index (χ2v) is 6.46. The number of phenols is 1. The summed E-state index contributed by atoms with van der Waals surface area (Å²) in [6, 6.07) is 1.90. The average Bonchev–Trinajstić information content (AvgIpc) is 2.44. The van der Waals surface area contributed by atoms with Gasteiger partial charge in [-0.2, -0.15) is 4.39 Å². The third-order valence-corrected chi connectivity index (χ3v) is 5.45. The van der Waals surface area contributed by atoms with Crippen molar-refractivity contribution in [2.45, 2.75) is 50.1 Å². The van der Waals surface area contributed by atoms with Gasteiger partial charge in [-0.15, -0.1) is 0 Å². The standard InChI is InChI=1S/C15H15F5O/c1-13-4-6-14(7-5-13,12(18)15(13,19)20)8-2-3-9(21)11(17)10(8)16/h2-3,12,21H,4-7H2,1H3. The first-order chi connectivity index (χ1) is 9.66. The van der Waals surface area contributed by atoms with Gasteiger partial charge in [0.15, 0.2) is 17.7 Å². The van der Waals surface area contributed by atoms with Gasteiger partial charge in [0.05, 0.1) is 0 Å². The fraction of sp³-hybridized carbons (Fsp3) is 0.600. The van der Waals surface area contributed by atoms with Crippen molar-refractivity contribution >= 4 is 0 Å². The Morgan fingerprint density at radius 3 is 2.19 bits per heavy atom. The molecule has 1 unspecified atom stereocenters. The Bertz CT molecular complexity index is 590. The van der Waals surface area contributed by atoms with E-state index in [9.17, 15) is 22.0 Å². The van der Waals surface area contributed by atoms with Gasteiger partial charge in [0.25, 0.3) is 5.92 Å². The second-order valence-electron chi connectivity index (χ2n) is 6.46. The van der Waals surface area contributed by atoms with Crippen molar-refractivity contribution in [3.05, 3.63) is 29.3 Å². The third kappa shape index (κ3) is 1.62. The molecule has 3 saturated carbocycles. The molecule has 1 atom stereocenters. The van der Waals surface area contributed by atoms with Crippen molar-refractivity contribution in [1.29, 1.82) is 0 Å². The molecule has 21 heavy (non-hydrogen) atoms. The van der Waals surface area contributed by atoms with Gasteiger partial charge in [0.2, 0.25) is 5.82 Å². The van der Waals surface area contributed by atoms with Crippen LogP contribution in [0.5, 0.6) is 5.75 Å². The lowest BCUT2D eigenvalue weighted by atomic mass is 9.49. The van der Waals surface area contributed by atoms with Gasteiger partial charge in [0.1, 0.15) is 0 Å². The van der Waals surface area contributed by atoms with Gasteiger partial charge in [-0.05, 0) is 31.7 Å². The summed E-state index contributed by atoms with van der Waals surface area (Å²) in [5, 5.41) is 9.14. The summed E-state index contributed by atoms with van der Waals surface area (Å²) >= 11 is 0. The Morgan fingerprint density at radius 1 is 1.05 bits per heavy atom. The molecule has 0 heterocycles. The van der Waals surface area contributed by atoms with E-state index in [4.69, 9.17) is 5.11 Å². The summed E-state index contributed by atoms with van der Waals surface area (Å²) in [6.07, 6.45) is -2.36. The lowest BCUT2D eigenvalue weighted by Gasteiger charge is -2.58. The maximum atomic E-state index is 14.6. The van der Waals surface area contributed by atoms with Crippen LogP contribution in [0.2, 0.25) is 0 Å². The van der Waals surface area contributed by atoms with Gasteiger partial charge in [-0.1, -0.05) is 13.0 Å². The molecule has 0 amide bonds. The van der Waals surface area contributed by atoms with Crippen LogP contribution in [-0.2, 0) is 5.41 Å². The van der Waals surface area contributed by atoms with Crippen molar-refractivity contribution in [3.63, 3.8) is 0 Å². The zero-order valence-corrected chi connectivity index (χ0v) is 11.4. The summed E-state index contributed by atoms with van der Waals surface area (Å²) in [6.45, 7) is 1.34. The molecule has 1 aromatic carbocycles. The van der Waals surface area contributed by atoms with E-state index in [2.05, 4.69) is 0 Å². The van der Waals surface area contributed by atoms with Gasteiger partial charge in [0, 0.05) is 16.4 Å². The minimum absolute atomic E-state index is 0.0430. The van der Waals surface area contributed by atoms with Crippen LogP contribution in [0.15, 0.2) is 12.1 Å². The first-order valence-electron chi connectivity index (χ1n) is 6.85. The zero-order valence-electron chi connectivity index (χ0n) is 11.4. The molecule has 3 fully saturated rings. The van der Waals surface area contributed by atoms with Gasteiger partial charge in [-0.25, -0.2) is 17.6 Å². The molecule has 4 rings (SSSR count). The number of alkyl halides is 3. The Labute approximate surface area is 118 Å². The largest absolute Gasteiger partial charge is 0.505 e. The van der Waals surface area contributed by atoms with Crippen LogP contribution in [0.1, 0.15) is 38.2 Å². The summed E-state index contributed by atoms with van der Waals surface area (Å²) in [5.41, 5.74) is -3.55. The average molecular weight is 306 g/mol. The molecule has 3 aliphatic rings. The lowest BCUT2D eigenvalue weighted by molar-refractivity contribution is -0.242. The maximum absolute atomic E-state index is 14.6. The van der Waals surface area contributed by atoms with E-state index in [1.807, 2.05) is 0 Å². The Kier molecular flexibility index (Phi) is 2.86. The first-order valence-corrected chi connectivity index (χ1v) is 6.85. The molecule has 1 N–H and O–H groups in total. The fourth-order valence-electron chi connectivity index (χ4n) is 3.82. The molecular weight excluding hydrogens is 291 g/mol. The minimum Gasteiger partial charge on any atom is -0.505 e. The van der Waals surface area contributed by atoms with E-state index in [-0.39, 0.29) is 25.7 Å². The number of hydrogen-bond donors (Lipinski definition) is 1. The van der Waals surface area contributed by atoms with E-state index in [1.165, 1.54) is 6.92 Å². The Hall–Kier alpha value is -1.33. The van der Waals surface area contributed by atoms with Crippen molar-refractivity contribution in [2.24, 2.45) is 5.41 Å². The minimum atomic E-state index is -3.58. The summed E-state index contributed by atoms with van der Waals surface area (Å²) in [5.74, 6) is -7.44. The molecule has 3 aliphatic carbocycles. The Morgan fingerprint density at radius 2 is 1.62 bits per heavy atom. The van der Waals surface area contributed by atoms with Gasteiger partial charge >= 0.3 is 0 Å². The van der Waals surface area contributed by atoms with Gasteiger partial charge in [-0.3, -0.25) is 0 Å². The highest BCUT2D eigenvalue weighted by Gasteiger charge is 2.70. The third-order valence-electron chi connectivity index (χ3n) is 5.45. The monoisotopic (exact) mass is 306 g/mol. The summed E-state index contributed by atoms with van der Waals surface area (Å²) in [7, 11) is 0. The predicted octanol–water partition coefficient (Wildman–Crippen LogP) is 4.48. The highest BCUT2D eigenvalue weighted by Crippen LogP contribution is 2.65. The zero-order chi connectivity index (χ0) is 15.6. The van der Waals surface area contributed by atoms with Crippen LogP contribution in [-0.4, -0.2) is 17.2 Å². The number of phenolic OH excluding ortho intramolecular Hbond substituents is 1. The first kappa shape index (κ1) is 14.6. The van der Waals surface area contributed by atoms with E-state index in [0.29, 0.717) is 0 Å². The molecule has 116 valence electrons. The molecule has 0 saturated heterocycles. The van der Waals surface area contributed by atoms with Crippen LogP contribution in [0, 0.1) is 17.0 Å². The summed E-state index contributed by atoms with van der Waals surface area (Å²) < 4.78 is 70.7. The van der Waals surface area contributed by atoms with Crippen LogP contribution in [0.4, 0.5) is 22.0 Å². The normalized spacial score (nSPS) is 37.7. The fourth-order valence-corrected chi connectivity index (χ4v) is 3.82. The SMILES string of the molecule is CC12CCC(c3ccc(O)c(F)c3F)(CC1)C(F)C2(F)F. The smallest absolute Gasteiger partial charge is 0.284 e. The van der Waals surface area contributed by atoms with Gasteiger partial charge < -0.3 is 5.11 Å². The number of fused-ring (bicyclic) bond motifs is 3. The number of aromatic hydroxyl groups is 1. The number of benzene rings is 1. The number of rotatable bonds is 1. The quantitative estimate of drug-likeness (QED) is 0.759. The van der Waals surface area contributed by atoms with Crippen LogP contribution >= 0.6 is 0 Å².